The number of nitrogens with zero attached hydrogens (tertiary/aromatic N) is 1. The molecule has 0 aliphatic heterocycles. The fourth-order valence-corrected chi connectivity index (χ4v) is 3.62. The Bertz CT molecular complexity index is 1080. The van der Waals surface area contributed by atoms with Gasteiger partial charge in [0.05, 0.1) is 12.2 Å². The molecule has 0 bridgehead atoms. The van der Waals surface area contributed by atoms with Gasteiger partial charge in [0.25, 0.3) is 5.56 Å². The molecule has 0 unspecified atom stereocenters. The van der Waals surface area contributed by atoms with Gasteiger partial charge in [0, 0.05) is 22.7 Å². The van der Waals surface area contributed by atoms with E-state index in [4.69, 9.17) is 0 Å². The second-order valence-corrected chi connectivity index (χ2v) is 7.92. The molecule has 0 saturated heterocycles. The maximum Gasteiger partial charge on any atom is 0.250 e. The molecule has 2 atom stereocenters. The van der Waals surface area contributed by atoms with Crippen LogP contribution in [0.1, 0.15) is 23.5 Å². The zero-order valence-electron chi connectivity index (χ0n) is 14.9. The van der Waals surface area contributed by atoms with Gasteiger partial charge in [0.15, 0.2) is 0 Å². The smallest absolute Gasteiger partial charge is 0.250 e. The number of hydrogen-bond donors (Lipinski definition) is 1. The van der Waals surface area contributed by atoms with Crippen LogP contribution in [-0.4, -0.2) is 10.5 Å². The molecular weight excluding hydrogens is 423 g/mol. The molecule has 1 saturated carbocycles. The van der Waals surface area contributed by atoms with Gasteiger partial charge in [-0.25, -0.2) is 4.39 Å². The van der Waals surface area contributed by atoms with E-state index in [2.05, 4.69) is 21.2 Å². The number of carbonyl (C=O) groups excluding carboxylic acids is 1. The number of nitrogens with one attached hydrogen (secondary N) is 1. The predicted octanol–water partition coefficient (Wildman–Crippen LogP) is 4.54. The molecular formula is C22H18BrFN2O2. The van der Waals surface area contributed by atoms with Crippen LogP contribution in [0.2, 0.25) is 0 Å². The first-order valence-electron chi connectivity index (χ1n) is 9.01. The van der Waals surface area contributed by atoms with Gasteiger partial charge in [0.2, 0.25) is 5.91 Å². The van der Waals surface area contributed by atoms with Crippen molar-refractivity contribution in [3.8, 4) is 0 Å². The maximum absolute atomic E-state index is 13.4. The fourth-order valence-electron chi connectivity index (χ4n) is 3.36. The summed E-state index contributed by atoms with van der Waals surface area (Å²) < 4.78 is 15.8. The Labute approximate surface area is 170 Å². The lowest BCUT2D eigenvalue weighted by molar-refractivity contribution is -0.117. The van der Waals surface area contributed by atoms with Crippen molar-refractivity contribution >= 4 is 27.5 Å². The van der Waals surface area contributed by atoms with Crippen molar-refractivity contribution < 1.29 is 9.18 Å². The van der Waals surface area contributed by atoms with Crippen LogP contribution in [0.3, 0.4) is 0 Å². The zero-order chi connectivity index (χ0) is 19.7. The number of anilines is 1. The van der Waals surface area contributed by atoms with E-state index >= 15 is 0 Å². The Hall–Kier alpha value is -2.73. The Balaban J connectivity index is 1.44. The van der Waals surface area contributed by atoms with E-state index in [1.807, 2.05) is 24.3 Å². The van der Waals surface area contributed by atoms with Gasteiger partial charge < -0.3 is 9.88 Å². The van der Waals surface area contributed by atoms with Gasteiger partial charge in [-0.2, -0.15) is 0 Å². The molecule has 1 N–H and O–H groups in total. The largest absolute Gasteiger partial charge is 0.325 e. The van der Waals surface area contributed by atoms with Crippen molar-refractivity contribution in [3.05, 3.63) is 98.6 Å². The van der Waals surface area contributed by atoms with Gasteiger partial charge in [-0.05, 0) is 53.8 Å². The first-order chi connectivity index (χ1) is 13.5. The Morgan fingerprint density at radius 2 is 1.93 bits per heavy atom. The highest BCUT2D eigenvalue weighted by Gasteiger charge is 2.43. The summed E-state index contributed by atoms with van der Waals surface area (Å²) in [6.07, 6.45) is 2.42. The number of rotatable bonds is 5. The van der Waals surface area contributed by atoms with Crippen molar-refractivity contribution in [2.24, 2.45) is 5.92 Å². The molecule has 1 amide bonds. The molecule has 28 heavy (non-hydrogen) atoms. The third-order valence-electron chi connectivity index (χ3n) is 4.92. The van der Waals surface area contributed by atoms with E-state index in [-0.39, 0.29) is 35.7 Å². The average molecular weight is 441 g/mol. The van der Waals surface area contributed by atoms with Gasteiger partial charge in [0.1, 0.15) is 5.82 Å². The predicted molar refractivity (Wildman–Crippen MR) is 110 cm³/mol. The number of amides is 1. The Morgan fingerprint density at radius 1 is 1.14 bits per heavy atom. The van der Waals surface area contributed by atoms with Crippen LogP contribution in [0.25, 0.3) is 0 Å². The first-order valence-corrected chi connectivity index (χ1v) is 9.80. The summed E-state index contributed by atoms with van der Waals surface area (Å²) in [5.41, 5.74) is 2.19. The third kappa shape index (κ3) is 4.22. The standard InChI is InChI=1S/C22H18BrFN2O2/c23-16-6-4-15(5-7-16)19-11-20(19)22(28)25-18-8-9-21(27)26(13-18)12-14-2-1-3-17(24)10-14/h1-10,13,19-20H,11-12H2,(H,25,28)/t19-,20+/m0/s1. The normalized spacial score (nSPS) is 17.9. The second-order valence-electron chi connectivity index (χ2n) is 7.00. The molecule has 1 aliphatic rings. The molecule has 1 heterocycles. The molecule has 0 spiro atoms. The summed E-state index contributed by atoms with van der Waals surface area (Å²) in [6.45, 7) is 0.241. The van der Waals surface area contributed by atoms with Crippen molar-refractivity contribution in [2.45, 2.75) is 18.9 Å². The molecule has 0 radical (unpaired) electrons. The Morgan fingerprint density at radius 3 is 2.68 bits per heavy atom. The molecule has 3 aromatic rings. The van der Waals surface area contributed by atoms with E-state index in [1.54, 1.807) is 24.4 Å². The van der Waals surface area contributed by atoms with E-state index in [0.717, 1.165) is 16.5 Å². The van der Waals surface area contributed by atoms with Gasteiger partial charge in [-0.15, -0.1) is 0 Å². The van der Waals surface area contributed by atoms with Crippen molar-refractivity contribution in [3.63, 3.8) is 0 Å². The lowest BCUT2D eigenvalue weighted by Gasteiger charge is -2.10. The topological polar surface area (TPSA) is 51.1 Å². The Kier molecular flexibility index (Phi) is 5.13. The van der Waals surface area contributed by atoms with Crippen LogP contribution in [-0.2, 0) is 11.3 Å². The summed E-state index contributed by atoms with van der Waals surface area (Å²) in [6, 6.07) is 17.1. The highest BCUT2D eigenvalue weighted by atomic mass is 79.9. The maximum atomic E-state index is 13.4. The average Bonchev–Trinajstić information content (AvgIpc) is 3.46. The minimum atomic E-state index is -0.345. The number of aromatic nitrogens is 1. The summed E-state index contributed by atoms with van der Waals surface area (Å²) >= 11 is 3.42. The summed E-state index contributed by atoms with van der Waals surface area (Å²) in [5, 5.41) is 2.90. The SMILES string of the molecule is O=C(Nc1ccc(=O)n(Cc2cccc(F)c2)c1)[C@@H]1C[C@H]1c1ccc(Br)cc1. The van der Waals surface area contributed by atoms with Crippen LogP contribution in [0.15, 0.2) is 76.1 Å². The molecule has 1 aliphatic carbocycles. The number of hydrogen-bond acceptors (Lipinski definition) is 2. The quantitative estimate of drug-likeness (QED) is 0.632. The molecule has 6 heteroatoms. The molecule has 1 fully saturated rings. The highest BCUT2D eigenvalue weighted by Crippen LogP contribution is 2.48. The summed E-state index contributed by atoms with van der Waals surface area (Å²) in [4.78, 5) is 24.7. The van der Waals surface area contributed by atoms with Crippen LogP contribution in [0.4, 0.5) is 10.1 Å². The molecule has 142 valence electrons. The summed E-state index contributed by atoms with van der Waals surface area (Å²) in [5.74, 6) is -0.234. The van der Waals surface area contributed by atoms with E-state index in [0.29, 0.717) is 11.3 Å². The minimum absolute atomic E-state index is 0.0520. The van der Waals surface area contributed by atoms with Gasteiger partial charge in [-0.1, -0.05) is 40.2 Å². The number of halogens is 2. The lowest BCUT2D eigenvalue weighted by atomic mass is 10.1. The minimum Gasteiger partial charge on any atom is -0.325 e. The van der Waals surface area contributed by atoms with Crippen molar-refractivity contribution in [1.82, 2.24) is 4.57 Å². The first kappa shape index (κ1) is 18.6. The lowest BCUT2D eigenvalue weighted by Crippen LogP contribution is -2.21. The van der Waals surface area contributed by atoms with Gasteiger partial charge in [-0.3, -0.25) is 9.59 Å². The van der Waals surface area contributed by atoms with Crippen LogP contribution >= 0.6 is 15.9 Å². The van der Waals surface area contributed by atoms with Crippen LogP contribution in [0.5, 0.6) is 0 Å². The molecule has 4 rings (SSSR count). The monoisotopic (exact) mass is 440 g/mol. The highest BCUT2D eigenvalue weighted by molar-refractivity contribution is 9.10. The van der Waals surface area contributed by atoms with E-state index < -0.39 is 0 Å². The number of carbonyl (C=O) groups is 1. The van der Waals surface area contributed by atoms with Crippen LogP contribution in [0, 0.1) is 11.7 Å². The van der Waals surface area contributed by atoms with E-state index in [1.165, 1.54) is 22.8 Å². The number of benzene rings is 2. The second kappa shape index (κ2) is 7.72. The van der Waals surface area contributed by atoms with Crippen molar-refractivity contribution in [1.29, 1.82) is 0 Å². The third-order valence-corrected chi connectivity index (χ3v) is 5.45. The van der Waals surface area contributed by atoms with Gasteiger partial charge >= 0.3 is 0 Å². The zero-order valence-corrected chi connectivity index (χ0v) is 16.5. The molecule has 4 nitrogen and oxygen atoms in total. The fraction of sp³-hybridized carbons (Fsp3) is 0.182. The van der Waals surface area contributed by atoms with Crippen molar-refractivity contribution in [2.75, 3.05) is 5.32 Å². The summed E-state index contributed by atoms with van der Waals surface area (Å²) in [7, 11) is 0. The molecule has 2 aromatic carbocycles. The van der Waals surface area contributed by atoms with Crippen LogP contribution < -0.4 is 10.9 Å². The van der Waals surface area contributed by atoms with E-state index in [9.17, 15) is 14.0 Å². The molecule has 1 aromatic heterocycles. The number of pyridine rings is 1.